The highest BCUT2D eigenvalue weighted by Crippen LogP contribution is 2.25. The Kier molecular flexibility index (Phi) is 2.34. The summed E-state index contributed by atoms with van der Waals surface area (Å²) in [5.74, 6) is 0. The average Bonchev–Trinajstić information content (AvgIpc) is 1.89. The van der Waals surface area contributed by atoms with Crippen molar-refractivity contribution in [2.45, 2.75) is 25.7 Å². The van der Waals surface area contributed by atoms with Gasteiger partial charge in [-0.3, -0.25) is 4.79 Å². The number of hydrogen-bond donors (Lipinski definition) is 1. The van der Waals surface area contributed by atoms with Crippen LogP contribution in [0.25, 0.3) is 0 Å². The van der Waals surface area contributed by atoms with Gasteiger partial charge in [0.05, 0.1) is 0 Å². The molecule has 0 amide bonds. The lowest BCUT2D eigenvalue weighted by molar-refractivity contribution is -0.105. The fourth-order valence-electron chi connectivity index (χ4n) is 1.04. The van der Waals surface area contributed by atoms with E-state index in [-0.39, 0.29) is 0 Å². The molecule has 50 valence electrons. The molecule has 0 aromatic rings. The Morgan fingerprint density at radius 2 is 2.00 bits per heavy atom. The first-order chi connectivity index (χ1) is 4.34. The minimum Gasteiger partial charge on any atom is -0.298 e. The molecule has 9 heavy (non-hydrogen) atoms. The van der Waals surface area contributed by atoms with Crippen LogP contribution in [0.15, 0.2) is 10.5 Å². The van der Waals surface area contributed by atoms with Gasteiger partial charge in [-0.05, 0) is 30.6 Å². The van der Waals surface area contributed by atoms with Crippen LogP contribution in [-0.2, 0) is 4.79 Å². The summed E-state index contributed by atoms with van der Waals surface area (Å²) in [5.41, 5.74) is 0.907. The van der Waals surface area contributed by atoms with Crippen molar-refractivity contribution in [1.29, 1.82) is 0 Å². The monoisotopic (exact) mass is 142 g/mol. The predicted octanol–water partition coefficient (Wildman–Crippen LogP) is 1.94. The maximum absolute atomic E-state index is 10.3. The summed E-state index contributed by atoms with van der Waals surface area (Å²) in [4.78, 5) is 11.3. The molecule has 0 saturated heterocycles. The maximum Gasteiger partial charge on any atom is 0.146 e. The van der Waals surface area contributed by atoms with Crippen molar-refractivity contribution in [2.75, 3.05) is 0 Å². The lowest BCUT2D eigenvalue weighted by atomic mass is 10.0. The molecule has 0 saturated carbocycles. The summed E-state index contributed by atoms with van der Waals surface area (Å²) >= 11 is 4.18. The molecule has 0 aromatic heterocycles. The van der Waals surface area contributed by atoms with Crippen molar-refractivity contribution in [3.05, 3.63) is 10.5 Å². The Morgan fingerprint density at radius 1 is 1.33 bits per heavy atom. The molecular weight excluding hydrogens is 132 g/mol. The summed E-state index contributed by atoms with van der Waals surface area (Å²) in [5, 5.41) is 0. The largest absolute Gasteiger partial charge is 0.298 e. The zero-order chi connectivity index (χ0) is 6.69. The van der Waals surface area contributed by atoms with Crippen LogP contribution < -0.4 is 0 Å². The lowest BCUT2D eigenvalue weighted by Crippen LogP contribution is -1.96. The Hall–Kier alpha value is -0.240. The van der Waals surface area contributed by atoms with Crippen molar-refractivity contribution < 1.29 is 4.79 Å². The van der Waals surface area contributed by atoms with Crippen LogP contribution in [0.5, 0.6) is 0 Å². The molecule has 0 unspecified atom stereocenters. The molecule has 0 atom stereocenters. The average molecular weight is 142 g/mol. The zero-order valence-electron chi connectivity index (χ0n) is 5.26. The Balaban J connectivity index is 2.70. The van der Waals surface area contributed by atoms with Crippen LogP contribution >= 0.6 is 12.6 Å². The molecule has 2 heteroatoms. The number of hydrogen-bond acceptors (Lipinski definition) is 2. The topological polar surface area (TPSA) is 17.1 Å². The summed E-state index contributed by atoms with van der Waals surface area (Å²) in [7, 11) is 0. The van der Waals surface area contributed by atoms with Gasteiger partial charge in [0.2, 0.25) is 0 Å². The van der Waals surface area contributed by atoms with E-state index in [0.717, 1.165) is 36.0 Å². The predicted molar refractivity (Wildman–Crippen MR) is 40.5 cm³/mol. The molecule has 0 radical (unpaired) electrons. The molecule has 0 aliphatic heterocycles. The SMILES string of the molecule is O=CC1=C(S)CCCC1. The van der Waals surface area contributed by atoms with Crippen LogP contribution in [0.3, 0.4) is 0 Å². The van der Waals surface area contributed by atoms with Crippen LogP contribution in [0.4, 0.5) is 0 Å². The highest BCUT2D eigenvalue weighted by molar-refractivity contribution is 7.84. The van der Waals surface area contributed by atoms with Gasteiger partial charge in [-0.15, -0.1) is 12.6 Å². The molecule has 0 bridgehead atoms. The number of aldehydes is 1. The second-order valence-electron chi connectivity index (χ2n) is 2.30. The molecule has 1 aliphatic carbocycles. The Labute approximate surface area is 60.6 Å². The van der Waals surface area contributed by atoms with E-state index in [4.69, 9.17) is 0 Å². The van der Waals surface area contributed by atoms with Crippen LogP contribution in [0.1, 0.15) is 25.7 Å². The van der Waals surface area contributed by atoms with Gasteiger partial charge in [0.25, 0.3) is 0 Å². The van der Waals surface area contributed by atoms with Crippen LogP contribution in [-0.4, -0.2) is 6.29 Å². The second kappa shape index (κ2) is 3.06. The summed E-state index contributed by atoms with van der Waals surface area (Å²) in [6.45, 7) is 0. The van der Waals surface area contributed by atoms with E-state index in [1.54, 1.807) is 0 Å². The molecule has 0 fully saturated rings. The van der Waals surface area contributed by atoms with Gasteiger partial charge in [-0.2, -0.15) is 0 Å². The third-order valence-electron chi connectivity index (χ3n) is 1.62. The molecule has 1 rings (SSSR count). The first-order valence-electron chi connectivity index (χ1n) is 3.21. The van der Waals surface area contributed by atoms with Gasteiger partial charge in [-0.1, -0.05) is 0 Å². The minimum absolute atomic E-state index is 0.907. The van der Waals surface area contributed by atoms with E-state index in [1.807, 2.05) is 0 Å². The normalized spacial score (nSPS) is 20.1. The van der Waals surface area contributed by atoms with E-state index in [1.165, 1.54) is 6.42 Å². The van der Waals surface area contributed by atoms with Crippen molar-refractivity contribution in [1.82, 2.24) is 0 Å². The van der Waals surface area contributed by atoms with E-state index in [9.17, 15) is 4.79 Å². The Morgan fingerprint density at radius 3 is 2.44 bits per heavy atom. The summed E-state index contributed by atoms with van der Waals surface area (Å²) < 4.78 is 0. The number of carbonyl (C=O) groups is 1. The second-order valence-corrected chi connectivity index (χ2v) is 2.84. The molecule has 0 aromatic carbocycles. The van der Waals surface area contributed by atoms with Crippen molar-refractivity contribution in [3.8, 4) is 0 Å². The number of carbonyl (C=O) groups excluding carboxylic acids is 1. The van der Waals surface area contributed by atoms with Crippen LogP contribution in [0, 0.1) is 0 Å². The van der Waals surface area contributed by atoms with Crippen molar-refractivity contribution >= 4 is 18.9 Å². The third-order valence-corrected chi connectivity index (χ3v) is 2.13. The molecular formula is C7H10OS. The highest BCUT2D eigenvalue weighted by Gasteiger charge is 2.07. The first kappa shape index (κ1) is 6.87. The van der Waals surface area contributed by atoms with Gasteiger partial charge in [0, 0.05) is 5.57 Å². The van der Waals surface area contributed by atoms with E-state index in [0.29, 0.717) is 0 Å². The van der Waals surface area contributed by atoms with E-state index < -0.39 is 0 Å². The van der Waals surface area contributed by atoms with E-state index in [2.05, 4.69) is 12.6 Å². The fraction of sp³-hybridized carbons (Fsp3) is 0.571. The smallest absolute Gasteiger partial charge is 0.146 e. The Bertz CT molecular complexity index is 149. The van der Waals surface area contributed by atoms with Crippen molar-refractivity contribution in [3.63, 3.8) is 0 Å². The van der Waals surface area contributed by atoms with Gasteiger partial charge < -0.3 is 0 Å². The minimum atomic E-state index is 0.907. The molecule has 0 heterocycles. The van der Waals surface area contributed by atoms with Gasteiger partial charge >= 0.3 is 0 Å². The highest BCUT2D eigenvalue weighted by atomic mass is 32.1. The molecule has 0 N–H and O–H groups in total. The molecule has 1 aliphatic rings. The number of thiol groups is 1. The van der Waals surface area contributed by atoms with E-state index >= 15 is 0 Å². The van der Waals surface area contributed by atoms with Gasteiger partial charge in [-0.25, -0.2) is 0 Å². The van der Waals surface area contributed by atoms with Gasteiger partial charge in [0.15, 0.2) is 0 Å². The number of allylic oxidation sites excluding steroid dienone is 2. The van der Waals surface area contributed by atoms with Gasteiger partial charge in [0.1, 0.15) is 6.29 Å². The zero-order valence-corrected chi connectivity index (χ0v) is 6.16. The maximum atomic E-state index is 10.3. The lowest BCUT2D eigenvalue weighted by Gasteiger charge is -2.10. The third kappa shape index (κ3) is 1.58. The quantitative estimate of drug-likeness (QED) is 0.437. The fourth-order valence-corrected chi connectivity index (χ4v) is 1.36. The summed E-state index contributed by atoms with van der Waals surface area (Å²) in [6.07, 6.45) is 5.20. The standard InChI is InChI=1S/C7H10OS/c8-5-6-3-1-2-4-7(6)9/h5,9H,1-4H2. The molecule has 0 spiro atoms. The van der Waals surface area contributed by atoms with Crippen LogP contribution in [0.2, 0.25) is 0 Å². The molecule has 1 nitrogen and oxygen atoms in total. The van der Waals surface area contributed by atoms with Crippen molar-refractivity contribution in [2.24, 2.45) is 0 Å². The first-order valence-corrected chi connectivity index (χ1v) is 3.65. The number of rotatable bonds is 1. The summed E-state index contributed by atoms with van der Waals surface area (Å²) in [6, 6.07) is 0.